The molecule has 0 fully saturated rings. The van der Waals surface area contributed by atoms with E-state index < -0.39 is 0 Å². The number of benzene rings is 2. The van der Waals surface area contributed by atoms with E-state index in [2.05, 4.69) is 13.8 Å². The second-order valence-corrected chi connectivity index (χ2v) is 5.36. The molecule has 0 radical (unpaired) electrons. The van der Waals surface area contributed by atoms with E-state index in [0.29, 0.717) is 17.7 Å². The largest absolute Gasteiger partial charge is 0.330 e. The van der Waals surface area contributed by atoms with Crippen LogP contribution >= 0.6 is 0 Å². The van der Waals surface area contributed by atoms with E-state index in [1.807, 2.05) is 54.6 Å². The fourth-order valence-electron chi connectivity index (χ4n) is 1.96. The zero-order chi connectivity index (χ0) is 13.9. The lowest BCUT2D eigenvalue weighted by Gasteiger charge is -2.23. The van der Waals surface area contributed by atoms with Crippen molar-refractivity contribution in [1.29, 1.82) is 0 Å². The van der Waals surface area contributed by atoms with Crippen LogP contribution in [0.3, 0.4) is 0 Å². The summed E-state index contributed by atoms with van der Waals surface area (Å²) < 4.78 is 0. The predicted octanol–water partition coefficient (Wildman–Crippen LogP) is 3.15. The third-order valence-corrected chi connectivity index (χ3v) is 3.45. The molecule has 2 aromatic rings. The standard InChI is InChI=1S/C17H19NO/c1-17(2,12-18)15-10-6-9-14(11-15)16(19)13-7-4-3-5-8-13/h3-11H,12,18H2,1-2H3. The summed E-state index contributed by atoms with van der Waals surface area (Å²) in [6, 6.07) is 17.1. The van der Waals surface area contributed by atoms with Crippen LogP contribution in [0.1, 0.15) is 35.3 Å². The summed E-state index contributed by atoms with van der Waals surface area (Å²) in [4.78, 5) is 12.4. The number of carbonyl (C=O) groups is 1. The molecule has 2 aromatic carbocycles. The Labute approximate surface area is 114 Å². The molecule has 0 aliphatic heterocycles. The second-order valence-electron chi connectivity index (χ2n) is 5.36. The molecule has 0 aliphatic rings. The molecule has 0 amide bonds. The quantitative estimate of drug-likeness (QED) is 0.851. The van der Waals surface area contributed by atoms with Crippen molar-refractivity contribution in [2.24, 2.45) is 5.73 Å². The van der Waals surface area contributed by atoms with Crippen LogP contribution in [-0.2, 0) is 5.41 Å². The van der Waals surface area contributed by atoms with Crippen molar-refractivity contribution in [3.8, 4) is 0 Å². The highest BCUT2D eigenvalue weighted by Crippen LogP contribution is 2.23. The average Bonchev–Trinajstić information content (AvgIpc) is 2.47. The van der Waals surface area contributed by atoms with Gasteiger partial charge in [-0.25, -0.2) is 0 Å². The van der Waals surface area contributed by atoms with Crippen LogP contribution in [0.5, 0.6) is 0 Å². The third-order valence-electron chi connectivity index (χ3n) is 3.45. The molecule has 0 bridgehead atoms. The van der Waals surface area contributed by atoms with Crippen LogP contribution in [0.2, 0.25) is 0 Å². The second kappa shape index (κ2) is 5.37. The molecular weight excluding hydrogens is 234 g/mol. The average molecular weight is 253 g/mol. The zero-order valence-corrected chi connectivity index (χ0v) is 11.4. The van der Waals surface area contributed by atoms with E-state index in [9.17, 15) is 4.79 Å². The minimum Gasteiger partial charge on any atom is -0.330 e. The molecule has 2 nitrogen and oxygen atoms in total. The maximum atomic E-state index is 12.4. The molecule has 0 saturated carbocycles. The summed E-state index contributed by atoms with van der Waals surface area (Å²) in [5, 5.41) is 0. The van der Waals surface area contributed by atoms with Gasteiger partial charge in [0.2, 0.25) is 0 Å². The van der Waals surface area contributed by atoms with Gasteiger partial charge in [-0.1, -0.05) is 62.4 Å². The number of hydrogen-bond acceptors (Lipinski definition) is 2. The van der Waals surface area contributed by atoms with Crippen LogP contribution in [0.25, 0.3) is 0 Å². The first-order valence-electron chi connectivity index (χ1n) is 6.45. The molecule has 0 aliphatic carbocycles. The highest BCUT2D eigenvalue weighted by molar-refractivity contribution is 6.09. The first-order valence-corrected chi connectivity index (χ1v) is 6.45. The van der Waals surface area contributed by atoms with E-state index in [4.69, 9.17) is 5.73 Å². The monoisotopic (exact) mass is 253 g/mol. The lowest BCUT2D eigenvalue weighted by atomic mass is 9.83. The molecule has 0 unspecified atom stereocenters. The Balaban J connectivity index is 2.37. The maximum Gasteiger partial charge on any atom is 0.193 e. The zero-order valence-electron chi connectivity index (χ0n) is 11.4. The molecule has 0 spiro atoms. The smallest absolute Gasteiger partial charge is 0.193 e. The topological polar surface area (TPSA) is 43.1 Å². The summed E-state index contributed by atoms with van der Waals surface area (Å²) in [5.41, 5.74) is 8.19. The summed E-state index contributed by atoms with van der Waals surface area (Å²) in [6.07, 6.45) is 0. The number of nitrogens with two attached hydrogens (primary N) is 1. The Bertz CT molecular complexity index is 573. The fourth-order valence-corrected chi connectivity index (χ4v) is 1.96. The third kappa shape index (κ3) is 2.91. The minimum atomic E-state index is -0.118. The summed E-state index contributed by atoms with van der Waals surface area (Å²) in [6.45, 7) is 4.72. The van der Waals surface area contributed by atoms with Gasteiger partial charge in [-0.3, -0.25) is 4.79 Å². The van der Waals surface area contributed by atoms with Crippen LogP contribution in [-0.4, -0.2) is 12.3 Å². The van der Waals surface area contributed by atoms with Gasteiger partial charge in [0.25, 0.3) is 0 Å². The molecule has 2 heteroatoms. The van der Waals surface area contributed by atoms with Gasteiger partial charge in [0.1, 0.15) is 0 Å². The Hall–Kier alpha value is -1.93. The van der Waals surface area contributed by atoms with Gasteiger partial charge in [0.05, 0.1) is 0 Å². The van der Waals surface area contributed by atoms with E-state index >= 15 is 0 Å². The molecule has 2 N–H and O–H groups in total. The van der Waals surface area contributed by atoms with Crippen LogP contribution in [0, 0.1) is 0 Å². The van der Waals surface area contributed by atoms with E-state index in [1.54, 1.807) is 0 Å². The molecule has 0 aromatic heterocycles. The lowest BCUT2D eigenvalue weighted by molar-refractivity contribution is 0.103. The van der Waals surface area contributed by atoms with Crippen molar-refractivity contribution in [2.75, 3.05) is 6.54 Å². The molecule has 19 heavy (non-hydrogen) atoms. The van der Waals surface area contributed by atoms with Crippen LogP contribution < -0.4 is 5.73 Å². The summed E-state index contributed by atoms with van der Waals surface area (Å²) >= 11 is 0. The first kappa shape index (κ1) is 13.5. The van der Waals surface area contributed by atoms with E-state index in [-0.39, 0.29) is 11.2 Å². The normalized spacial score (nSPS) is 11.3. The molecule has 0 atom stereocenters. The van der Waals surface area contributed by atoms with Crippen molar-refractivity contribution in [2.45, 2.75) is 19.3 Å². The highest BCUT2D eigenvalue weighted by Gasteiger charge is 2.19. The first-order chi connectivity index (χ1) is 9.04. The van der Waals surface area contributed by atoms with Crippen molar-refractivity contribution < 1.29 is 4.79 Å². The Morgan fingerprint density at radius 2 is 1.63 bits per heavy atom. The van der Waals surface area contributed by atoms with Gasteiger partial charge < -0.3 is 5.73 Å². The number of carbonyl (C=O) groups excluding carboxylic acids is 1. The molecule has 98 valence electrons. The predicted molar refractivity (Wildman–Crippen MR) is 78.4 cm³/mol. The van der Waals surface area contributed by atoms with Crippen LogP contribution in [0.15, 0.2) is 54.6 Å². The van der Waals surface area contributed by atoms with Crippen molar-refractivity contribution in [1.82, 2.24) is 0 Å². The molecule has 2 rings (SSSR count). The van der Waals surface area contributed by atoms with Gasteiger partial charge in [-0.2, -0.15) is 0 Å². The van der Waals surface area contributed by atoms with Crippen molar-refractivity contribution in [3.05, 3.63) is 71.3 Å². The summed E-state index contributed by atoms with van der Waals surface area (Å²) in [5.74, 6) is 0.0512. The summed E-state index contributed by atoms with van der Waals surface area (Å²) in [7, 11) is 0. The Kier molecular flexibility index (Phi) is 3.82. The molecule has 0 heterocycles. The van der Waals surface area contributed by atoms with Crippen molar-refractivity contribution in [3.63, 3.8) is 0 Å². The van der Waals surface area contributed by atoms with E-state index in [1.165, 1.54) is 0 Å². The number of rotatable bonds is 4. The molecular formula is C17H19NO. The van der Waals surface area contributed by atoms with Gasteiger partial charge in [0, 0.05) is 23.1 Å². The number of hydrogen-bond donors (Lipinski definition) is 1. The fraction of sp³-hybridized carbons (Fsp3) is 0.235. The van der Waals surface area contributed by atoms with Crippen LogP contribution in [0.4, 0.5) is 0 Å². The van der Waals surface area contributed by atoms with Gasteiger partial charge in [-0.05, 0) is 11.6 Å². The molecule has 0 saturated heterocycles. The highest BCUT2D eigenvalue weighted by atomic mass is 16.1. The SMILES string of the molecule is CC(C)(CN)c1cccc(C(=O)c2ccccc2)c1. The van der Waals surface area contributed by atoms with Crippen molar-refractivity contribution >= 4 is 5.78 Å². The van der Waals surface area contributed by atoms with Gasteiger partial charge >= 0.3 is 0 Å². The van der Waals surface area contributed by atoms with E-state index in [0.717, 1.165) is 5.56 Å². The number of ketones is 1. The van der Waals surface area contributed by atoms with Gasteiger partial charge in [0.15, 0.2) is 5.78 Å². The lowest BCUT2D eigenvalue weighted by Crippen LogP contribution is -2.28. The Morgan fingerprint density at radius 1 is 1.00 bits per heavy atom. The van der Waals surface area contributed by atoms with Gasteiger partial charge in [-0.15, -0.1) is 0 Å². The minimum absolute atomic E-state index is 0.0512. The maximum absolute atomic E-state index is 12.4. The Morgan fingerprint density at radius 3 is 2.26 bits per heavy atom.